The van der Waals surface area contributed by atoms with E-state index >= 15 is 0 Å². The topological polar surface area (TPSA) is 108 Å². The number of carbonyl (C=O) groups excluding carboxylic acids is 1. The number of carbonyl (C=O) groups is 1. The number of nitrogens with zero attached hydrogens (tertiary/aromatic N) is 3. The number of aryl methyl sites for hydroxylation is 1. The van der Waals surface area contributed by atoms with Gasteiger partial charge in [0.1, 0.15) is 17.1 Å². The third-order valence-corrected chi connectivity index (χ3v) is 4.85. The number of amides is 1. The van der Waals surface area contributed by atoms with E-state index in [2.05, 4.69) is 16.3 Å². The van der Waals surface area contributed by atoms with Crippen LogP contribution in [0.1, 0.15) is 30.7 Å². The van der Waals surface area contributed by atoms with Gasteiger partial charge in [0.2, 0.25) is 17.7 Å². The van der Waals surface area contributed by atoms with Crippen LogP contribution in [0.2, 0.25) is 0 Å². The van der Waals surface area contributed by atoms with E-state index in [4.69, 9.17) is 10.5 Å². The van der Waals surface area contributed by atoms with Crippen LogP contribution in [-0.4, -0.2) is 22.1 Å². The number of nitriles is 1. The van der Waals surface area contributed by atoms with Gasteiger partial charge < -0.3 is 15.4 Å². The lowest BCUT2D eigenvalue weighted by Crippen LogP contribution is -2.47. The van der Waals surface area contributed by atoms with E-state index in [0.717, 1.165) is 11.3 Å². The summed E-state index contributed by atoms with van der Waals surface area (Å²) in [6.45, 7) is 5.69. The number of aromatic nitrogens is 2. The smallest absolute Gasteiger partial charge is 0.248 e. The van der Waals surface area contributed by atoms with Gasteiger partial charge in [0, 0.05) is 23.0 Å². The summed E-state index contributed by atoms with van der Waals surface area (Å²) >= 11 is 0. The number of aromatic amines is 1. The van der Waals surface area contributed by atoms with Gasteiger partial charge in [-0.1, -0.05) is 18.2 Å². The fraction of sp³-hybridized carbons (Fsp3) is 0.278. The molecule has 3 N–H and O–H groups in total. The largest absolute Gasteiger partial charge is 0.420 e. The lowest BCUT2D eigenvalue weighted by Gasteiger charge is -2.33. The first-order valence-electron chi connectivity index (χ1n) is 8.01. The van der Waals surface area contributed by atoms with Crippen molar-refractivity contribution >= 4 is 11.6 Å². The molecule has 0 saturated carbocycles. The van der Waals surface area contributed by atoms with Crippen molar-refractivity contribution in [1.29, 1.82) is 5.26 Å². The fourth-order valence-corrected chi connectivity index (χ4v) is 3.93. The molecule has 1 spiro atoms. The van der Waals surface area contributed by atoms with Gasteiger partial charge in [0.25, 0.3) is 0 Å². The van der Waals surface area contributed by atoms with Crippen LogP contribution in [0.3, 0.4) is 0 Å². The van der Waals surface area contributed by atoms with Gasteiger partial charge in [-0.3, -0.25) is 9.89 Å². The lowest BCUT2D eigenvalue weighted by molar-refractivity contribution is -0.121. The molecule has 0 bridgehead atoms. The average molecular weight is 335 g/mol. The molecule has 25 heavy (non-hydrogen) atoms. The van der Waals surface area contributed by atoms with Crippen molar-refractivity contribution in [2.75, 3.05) is 4.90 Å². The number of hydrogen-bond acceptors (Lipinski definition) is 5. The van der Waals surface area contributed by atoms with Gasteiger partial charge in [-0.05, 0) is 26.8 Å². The van der Waals surface area contributed by atoms with Gasteiger partial charge in [0.15, 0.2) is 0 Å². The second-order valence-electron chi connectivity index (χ2n) is 6.52. The molecule has 4 rings (SSSR count). The Bertz CT molecular complexity index is 982. The van der Waals surface area contributed by atoms with Crippen LogP contribution in [0.5, 0.6) is 5.88 Å². The molecule has 3 heterocycles. The molecule has 0 aliphatic carbocycles. The van der Waals surface area contributed by atoms with Crippen LogP contribution in [0.25, 0.3) is 0 Å². The molecular weight excluding hydrogens is 318 g/mol. The third kappa shape index (κ3) is 1.63. The summed E-state index contributed by atoms with van der Waals surface area (Å²) in [5.41, 5.74) is 7.52. The molecule has 1 aromatic carbocycles. The van der Waals surface area contributed by atoms with Gasteiger partial charge >= 0.3 is 0 Å². The van der Waals surface area contributed by atoms with Crippen LogP contribution >= 0.6 is 0 Å². The fourth-order valence-electron chi connectivity index (χ4n) is 3.93. The molecule has 126 valence electrons. The Morgan fingerprint density at radius 3 is 2.80 bits per heavy atom. The Morgan fingerprint density at radius 2 is 2.12 bits per heavy atom. The molecule has 2 aliphatic heterocycles. The van der Waals surface area contributed by atoms with Crippen LogP contribution in [0.15, 0.2) is 35.7 Å². The molecule has 7 nitrogen and oxygen atoms in total. The van der Waals surface area contributed by atoms with Gasteiger partial charge in [-0.25, -0.2) is 0 Å². The zero-order valence-corrected chi connectivity index (χ0v) is 14.1. The first kappa shape index (κ1) is 15.3. The maximum Gasteiger partial charge on any atom is 0.248 e. The highest BCUT2D eigenvalue weighted by atomic mass is 16.5. The minimum Gasteiger partial charge on any atom is -0.420 e. The maximum atomic E-state index is 13.7. The lowest BCUT2D eigenvalue weighted by atomic mass is 9.69. The van der Waals surface area contributed by atoms with Crippen molar-refractivity contribution < 1.29 is 9.53 Å². The molecule has 1 unspecified atom stereocenters. The summed E-state index contributed by atoms with van der Waals surface area (Å²) in [5.74, 6) is -0.0599. The molecule has 7 heteroatoms. The molecule has 2 aliphatic rings. The molecular formula is C18H17N5O2. The number of ether oxygens (including phenoxy) is 1. The molecule has 1 amide bonds. The highest BCUT2D eigenvalue weighted by molar-refractivity contribution is 6.14. The Morgan fingerprint density at radius 1 is 1.40 bits per heavy atom. The summed E-state index contributed by atoms with van der Waals surface area (Å²) in [5, 5.41) is 16.8. The summed E-state index contributed by atoms with van der Waals surface area (Å²) in [6.07, 6.45) is 0. The zero-order chi connectivity index (χ0) is 17.9. The van der Waals surface area contributed by atoms with E-state index in [0.29, 0.717) is 11.3 Å². The summed E-state index contributed by atoms with van der Waals surface area (Å²) < 4.78 is 5.52. The summed E-state index contributed by atoms with van der Waals surface area (Å²) in [7, 11) is 0. The summed E-state index contributed by atoms with van der Waals surface area (Å²) in [6, 6.07) is 9.52. The highest BCUT2D eigenvalue weighted by Gasteiger charge is 2.61. The molecule has 0 saturated heterocycles. The quantitative estimate of drug-likeness (QED) is 0.827. The van der Waals surface area contributed by atoms with Gasteiger partial charge in [-0.2, -0.15) is 5.26 Å². The summed E-state index contributed by atoms with van der Waals surface area (Å²) in [4.78, 5) is 15.4. The Kier molecular flexibility index (Phi) is 2.97. The predicted molar refractivity (Wildman–Crippen MR) is 90.6 cm³/mol. The van der Waals surface area contributed by atoms with Crippen molar-refractivity contribution in [3.8, 4) is 11.9 Å². The molecule has 1 atom stereocenters. The standard InChI is InChI=1S/C18H17N5O2/c1-9(2)23-13-7-5-4-6-11(13)18(17(23)24)12(8-19)15(20)25-16-14(18)10(3)21-22-16/h4-7,9H,20H2,1-3H3,(H,21,22). The van der Waals surface area contributed by atoms with Crippen molar-refractivity contribution in [3.05, 3.63) is 52.5 Å². The first-order valence-corrected chi connectivity index (χ1v) is 8.01. The molecule has 1 aromatic heterocycles. The van der Waals surface area contributed by atoms with Crippen molar-refractivity contribution in [1.82, 2.24) is 10.2 Å². The number of nitrogens with one attached hydrogen (secondary N) is 1. The van der Waals surface area contributed by atoms with E-state index < -0.39 is 5.41 Å². The first-order chi connectivity index (χ1) is 11.9. The zero-order valence-electron chi connectivity index (χ0n) is 14.1. The van der Waals surface area contributed by atoms with Crippen molar-refractivity contribution in [3.63, 3.8) is 0 Å². The predicted octanol–water partition coefficient (Wildman–Crippen LogP) is 1.85. The second-order valence-corrected chi connectivity index (χ2v) is 6.52. The second kappa shape index (κ2) is 4.86. The number of anilines is 1. The number of benzene rings is 1. The van der Waals surface area contributed by atoms with Gasteiger partial charge in [0.05, 0.1) is 5.56 Å². The minimum absolute atomic E-state index is 0.0762. The van der Waals surface area contributed by atoms with Crippen LogP contribution in [-0.2, 0) is 10.2 Å². The molecule has 0 radical (unpaired) electrons. The SMILES string of the molecule is Cc1[nH]nc2c1C1(C(=O)N(C(C)C)c3ccccc31)C(C#N)=C(N)O2. The Balaban J connectivity index is 2.18. The Labute approximate surface area is 144 Å². The molecule has 2 aromatic rings. The van der Waals surface area contributed by atoms with E-state index in [1.54, 1.807) is 11.8 Å². The average Bonchev–Trinajstić information content (AvgIpc) is 3.05. The van der Waals surface area contributed by atoms with Crippen LogP contribution in [0.4, 0.5) is 5.69 Å². The monoisotopic (exact) mass is 335 g/mol. The number of hydrogen-bond donors (Lipinski definition) is 2. The normalized spacial score (nSPS) is 21.4. The van der Waals surface area contributed by atoms with E-state index in [1.807, 2.05) is 38.1 Å². The van der Waals surface area contributed by atoms with Crippen LogP contribution < -0.4 is 15.4 Å². The van der Waals surface area contributed by atoms with Crippen LogP contribution in [0, 0.1) is 18.3 Å². The molecule has 0 fully saturated rings. The van der Waals surface area contributed by atoms with Gasteiger partial charge in [-0.15, -0.1) is 5.10 Å². The number of rotatable bonds is 1. The van der Waals surface area contributed by atoms with E-state index in [-0.39, 0.29) is 29.3 Å². The third-order valence-electron chi connectivity index (χ3n) is 4.85. The number of H-pyrrole nitrogens is 1. The van der Waals surface area contributed by atoms with E-state index in [9.17, 15) is 10.1 Å². The maximum absolute atomic E-state index is 13.7. The number of para-hydroxylation sites is 1. The van der Waals surface area contributed by atoms with Crippen molar-refractivity contribution in [2.45, 2.75) is 32.2 Å². The number of fused-ring (bicyclic) bond motifs is 4. The highest BCUT2D eigenvalue weighted by Crippen LogP contribution is 2.55. The van der Waals surface area contributed by atoms with E-state index in [1.165, 1.54) is 0 Å². The Hall–Kier alpha value is -3.27. The van der Waals surface area contributed by atoms with Crippen molar-refractivity contribution in [2.24, 2.45) is 5.73 Å². The minimum atomic E-state index is -1.33. The number of nitrogens with two attached hydrogens (primary N) is 1.